The number of carbonyl (C=O) groups is 1. The van der Waals surface area contributed by atoms with Crippen molar-refractivity contribution in [2.45, 2.75) is 44.4 Å². The van der Waals surface area contributed by atoms with Crippen molar-refractivity contribution in [2.75, 3.05) is 7.05 Å². The lowest BCUT2D eigenvalue weighted by Crippen LogP contribution is -2.52. The van der Waals surface area contributed by atoms with Gasteiger partial charge in [-0.3, -0.25) is 0 Å². The smallest absolute Gasteiger partial charge is 0.326 e. The Labute approximate surface area is 125 Å². The molecule has 1 saturated carbocycles. The highest BCUT2D eigenvalue weighted by Crippen LogP contribution is 2.35. The van der Waals surface area contributed by atoms with Crippen molar-refractivity contribution in [3.8, 4) is 0 Å². The molecule has 1 unspecified atom stereocenters. The quantitative estimate of drug-likeness (QED) is 0.924. The molecule has 8 heteroatoms. The molecule has 0 spiro atoms. The second kappa shape index (κ2) is 6.64. The predicted octanol–water partition coefficient (Wildman–Crippen LogP) is 3.41. The highest BCUT2D eigenvalue weighted by atomic mass is 32.1. The summed E-state index contributed by atoms with van der Waals surface area (Å²) >= 11 is 1.38. The summed E-state index contributed by atoms with van der Waals surface area (Å²) in [5.74, 6) is -0.512. The van der Waals surface area contributed by atoms with Gasteiger partial charge in [-0.1, -0.05) is 12.8 Å². The Morgan fingerprint density at radius 2 is 2.19 bits per heavy atom. The molecular weight excluding hydrogens is 303 g/mol. The van der Waals surface area contributed by atoms with Gasteiger partial charge in [0.15, 0.2) is 0 Å². The number of hydrogen-bond donors (Lipinski definition) is 1. The summed E-state index contributed by atoms with van der Waals surface area (Å²) in [6.07, 6.45) is -1.80. The van der Waals surface area contributed by atoms with Crippen molar-refractivity contribution in [3.63, 3.8) is 0 Å². The molecule has 1 aliphatic rings. The van der Waals surface area contributed by atoms with Gasteiger partial charge in [0.05, 0.1) is 17.7 Å². The van der Waals surface area contributed by atoms with Crippen molar-refractivity contribution < 1.29 is 18.0 Å². The zero-order chi connectivity index (χ0) is 15.5. The van der Waals surface area contributed by atoms with Gasteiger partial charge in [-0.15, -0.1) is 11.3 Å². The van der Waals surface area contributed by atoms with Crippen LogP contribution >= 0.6 is 11.3 Å². The largest absolute Gasteiger partial charge is 0.408 e. The van der Waals surface area contributed by atoms with Crippen LogP contribution in [-0.4, -0.2) is 35.2 Å². The minimum absolute atomic E-state index is 0.199. The average molecular weight is 321 g/mol. The Balaban J connectivity index is 1.97. The first-order chi connectivity index (χ1) is 9.88. The molecule has 1 aromatic rings. The van der Waals surface area contributed by atoms with Crippen LogP contribution in [0.5, 0.6) is 0 Å². The molecule has 1 N–H and O–H groups in total. The van der Waals surface area contributed by atoms with Gasteiger partial charge in [0.1, 0.15) is 6.04 Å². The van der Waals surface area contributed by atoms with Gasteiger partial charge >= 0.3 is 12.2 Å². The molecule has 1 fully saturated rings. The third kappa shape index (κ3) is 4.33. The molecule has 0 aromatic carbocycles. The molecule has 1 heterocycles. The van der Waals surface area contributed by atoms with Crippen LogP contribution in [0.15, 0.2) is 10.9 Å². The van der Waals surface area contributed by atoms with E-state index in [0.29, 0.717) is 18.5 Å². The molecule has 0 aliphatic heterocycles. The van der Waals surface area contributed by atoms with Gasteiger partial charge in [-0.2, -0.15) is 13.2 Å². The molecule has 118 valence electrons. The first kappa shape index (κ1) is 16.1. The first-order valence-corrected chi connectivity index (χ1v) is 7.77. The summed E-state index contributed by atoms with van der Waals surface area (Å²) in [5.41, 5.74) is 2.29. The fourth-order valence-electron chi connectivity index (χ4n) is 2.63. The number of halogens is 3. The second-order valence-corrected chi connectivity index (χ2v) is 6.07. The van der Waals surface area contributed by atoms with Crippen molar-refractivity contribution in [2.24, 2.45) is 5.92 Å². The summed E-state index contributed by atoms with van der Waals surface area (Å²) in [6.45, 7) is 0.199. The van der Waals surface area contributed by atoms with Gasteiger partial charge in [0.2, 0.25) is 0 Å². The Kier molecular flexibility index (Phi) is 5.08. The molecular formula is C13H18F3N3OS. The maximum Gasteiger partial charge on any atom is 0.408 e. The van der Waals surface area contributed by atoms with Crippen molar-refractivity contribution in [1.29, 1.82) is 0 Å². The topological polar surface area (TPSA) is 45.2 Å². The van der Waals surface area contributed by atoms with E-state index >= 15 is 0 Å². The van der Waals surface area contributed by atoms with Crippen LogP contribution in [0.25, 0.3) is 0 Å². The summed E-state index contributed by atoms with van der Waals surface area (Å²) < 4.78 is 39.4. The maximum atomic E-state index is 13.1. The molecule has 0 bridgehead atoms. The van der Waals surface area contributed by atoms with E-state index < -0.39 is 24.2 Å². The number of nitrogens with one attached hydrogen (secondary N) is 1. The number of amides is 2. The van der Waals surface area contributed by atoms with Crippen LogP contribution in [0.1, 0.15) is 31.4 Å². The van der Waals surface area contributed by atoms with Crippen LogP contribution in [0.4, 0.5) is 18.0 Å². The lowest BCUT2D eigenvalue weighted by Gasteiger charge is -2.29. The summed E-state index contributed by atoms with van der Waals surface area (Å²) in [7, 11) is 1.47. The normalized spacial score (nSPS) is 17.7. The fourth-order valence-corrected chi connectivity index (χ4v) is 3.18. The van der Waals surface area contributed by atoms with Crippen LogP contribution in [0, 0.1) is 5.92 Å². The van der Waals surface area contributed by atoms with E-state index in [-0.39, 0.29) is 6.54 Å². The van der Waals surface area contributed by atoms with E-state index in [1.54, 1.807) is 10.9 Å². The predicted molar refractivity (Wildman–Crippen MR) is 73.9 cm³/mol. The number of thiazole rings is 1. The monoisotopic (exact) mass is 321 g/mol. The highest BCUT2D eigenvalue weighted by molar-refractivity contribution is 7.07. The van der Waals surface area contributed by atoms with Crippen molar-refractivity contribution >= 4 is 17.4 Å². The Morgan fingerprint density at radius 1 is 1.52 bits per heavy atom. The number of rotatable bonds is 4. The number of aromatic nitrogens is 1. The van der Waals surface area contributed by atoms with Crippen molar-refractivity contribution in [3.05, 3.63) is 16.6 Å². The molecule has 1 aromatic heterocycles. The van der Waals surface area contributed by atoms with Crippen LogP contribution in [-0.2, 0) is 6.54 Å². The number of alkyl halides is 3. The fraction of sp³-hybridized carbons (Fsp3) is 0.692. The van der Waals surface area contributed by atoms with Crippen LogP contribution < -0.4 is 5.32 Å². The molecule has 21 heavy (non-hydrogen) atoms. The number of carbonyl (C=O) groups excluding carboxylic acids is 1. The number of urea groups is 1. The highest BCUT2D eigenvalue weighted by Gasteiger charge is 2.46. The van der Waals surface area contributed by atoms with Gasteiger partial charge in [-0.05, 0) is 18.8 Å². The summed E-state index contributed by atoms with van der Waals surface area (Å²) in [6, 6.07) is -2.47. The standard InChI is InChI=1S/C13H18F3N3OS/c1-19(6-10-7-21-8-17-10)12(20)18-11(13(14,15)16)9-4-2-3-5-9/h7-9,11H,2-6H2,1H3,(H,18,20). The van der Waals surface area contributed by atoms with Crippen LogP contribution in [0.2, 0.25) is 0 Å². The lowest BCUT2D eigenvalue weighted by molar-refractivity contribution is -0.165. The first-order valence-electron chi connectivity index (χ1n) is 6.83. The zero-order valence-corrected chi connectivity index (χ0v) is 12.5. The third-order valence-electron chi connectivity index (χ3n) is 3.73. The molecule has 0 saturated heterocycles. The van der Waals surface area contributed by atoms with Gasteiger partial charge in [0, 0.05) is 12.4 Å². The van der Waals surface area contributed by atoms with Gasteiger partial charge in [-0.25, -0.2) is 9.78 Å². The minimum atomic E-state index is -4.41. The van der Waals surface area contributed by atoms with Crippen molar-refractivity contribution in [1.82, 2.24) is 15.2 Å². The Hall–Kier alpha value is -1.31. The van der Waals surface area contributed by atoms with E-state index in [4.69, 9.17) is 0 Å². The second-order valence-electron chi connectivity index (χ2n) is 5.35. The molecule has 0 radical (unpaired) electrons. The number of nitrogens with zero attached hydrogens (tertiary/aromatic N) is 2. The van der Waals surface area contributed by atoms with Gasteiger partial charge in [0.25, 0.3) is 0 Å². The lowest BCUT2D eigenvalue weighted by atomic mass is 9.98. The molecule has 2 amide bonds. The van der Waals surface area contributed by atoms with Crippen LogP contribution in [0.3, 0.4) is 0 Å². The molecule has 1 atom stereocenters. The third-order valence-corrected chi connectivity index (χ3v) is 4.37. The summed E-state index contributed by atoms with van der Waals surface area (Å²) in [4.78, 5) is 17.2. The van der Waals surface area contributed by atoms with E-state index in [0.717, 1.165) is 12.8 Å². The Bertz CT molecular complexity index is 458. The molecule has 2 rings (SSSR count). The van der Waals surface area contributed by atoms with E-state index in [2.05, 4.69) is 10.3 Å². The Morgan fingerprint density at radius 3 is 2.71 bits per heavy atom. The molecule has 4 nitrogen and oxygen atoms in total. The van der Waals surface area contributed by atoms with E-state index in [1.165, 1.54) is 23.3 Å². The average Bonchev–Trinajstić information content (AvgIpc) is 3.06. The minimum Gasteiger partial charge on any atom is -0.326 e. The summed E-state index contributed by atoms with van der Waals surface area (Å²) in [5, 5.41) is 3.91. The zero-order valence-electron chi connectivity index (χ0n) is 11.7. The number of hydrogen-bond acceptors (Lipinski definition) is 3. The van der Waals surface area contributed by atoms with Gasteiger partial charge < -0.3 is 10.2 Å². The SMILES string of the molecule is CN(Cc1cscn1)C(=O)NC(C1CCCC1)C(F)(F)F. The van der Waals surface area contributed by atoms with E-state index in [9.17, 15) is 18.0 Å². The molecule has 1 aliphatic carbocycles. The van der Waals surface area contributed by atoms with E-state index in [1.807, 2.05) is 0 Å². The maximum absolute atomic E-state index is 13.1.